The highest BCUT2D eigenvalue weighted by atomic mass is 19.1. The third-order valence-corrected chi connectivity index (χ3v) is 2.59. The Balaban J connectivity index is 1.79. The number of nitrogens with zero attached hydrogens (tertiary/aromatic N) is 1. The maximum absolute atomic E-state index is 12.6. The quantitative estimate of drug-likeness (QED) is 0.848. The highest BCUT2D eigenvalue weighted by molar-refractivity contribution is 5.78. The van der Waals surface area contributed by atoms with Crippen LogP contribution in [0.1, 0.15) is 6.92 Å². The fourth-order valence-corrected chi connectivity index (χ4v) is 1.72. The summed E-state index contributed by atoms with van der Waals surface area (Å²) >= 11 is 0. The summed E-state index contributed by atoms with van der Waals surface area (Å²) in [5, 5.41) is 9.47. The number of hydrogen-bond acceptors (Lipinski definition) is 3. The van der Waals surface area contributed by atoms with Gasteiger partial charge in [0, 0.05) is 0 Å². The lowest BCUT2D eigenvalue weighted by Crippen LogP contribution is -2.62. The van der Waals surface area contributed by atoms with Gasteiger partial charge in [-0.05, 0) is 31.2 Å². The fourth-order valence-electron chi connectivity index (χ4n) is 1.72. The maximum atomic E-state index is 12.6. The lowest BCUT2D eigenvalue weighted by Gasteiger charge is -2.43. The number of carbonyl (C=O) groups excluding carboxylic acids is 1. The molecule has 1 aliphatic heterocycles. The minimum Gasteiger partial charge on any atom is -0.484 e. The van der Waals surface area contributed by atoms with Crippen molar-refractivity contribution in [3.63, 3.8) is 0 Å². The van der Waals surface area contributed by atoms with Crippen LogP contribution in [0.15, 0.2) is 24.3 Å². The van der Waals surface area contributed by atoms with Gasteiger partial charge in [0.1, 0.15) is 11.6 Å². The smallest absolute Gasteiger partial charge is 0.260 e. The average Bonchev–Trinajstić information content (AvgIpc) is 2.24. The molecule has 1 fully saturated rings. The molecule has 0 aliphatic carbocycles. The molecular formula is C12H14FNO3. The first kappa shape index (κ1) is 11.9. The van der Waals surface area contributed by atoms with Crippen LogP contribution in [0.5, 0.6) is 5.75 Å². The van der Waals surface area contributed by atoms with Gasteiger partial charge in [-0.1, -0.05) is 0 Å². The predicted octanol–water partition coefficient (Wildman–Crippen LogP) is 0.798. The third kappa shape index (κ3) is 2.94. The number of halogens is 1. The van der Waals surface area contributed by atoms with Gasteiger partial charge in [-0.3, -0.25) is 4.79 Å². The monoisotopic (exact) mass is 239 g/mol. The molecule has 1 aliphatic rings. The molecule has 0 unspecified atom stereocenters. The van der Waals surface area contributed by atoms with Crippen molar-refractivity contribution in [1.82, 2.24) is 4.90 Å². The molecule has 2 rings (SSSR count). The molecule has 1 saturated heterocycles. The molecule has 0 spiro atoms. The van der Waals surface area contributed by atoms with E-state index in [9.17, 15) is 14.3 Å². The molecule has 5 heteroatoms. The van der Waals surface area contributed by atoms with Crippen molar-refractivity contribution in [3.8, 4) is 5.75 Å². The van der Waals surface area contributed by atoms with E-state index in [1.807, 2.05) is 0 Å². The largest absolute Gasteiger partial charge is 0.484 e. The van der Waals surface area contributed by atoms with Gasteiger partial charge in [0.2, 0.25) is 0 Å². The Bertz CT molecular complexity index is 408. The Morgan fingerprint density at radius 1 is 1.47 bits per heavy atom. The van der Waals surface area contributed by atoms with Gasteiger partial charge in [0.05, 0.1) is 18.7 Å². The molecular weight excluding hydrogens is 225 g/mol. The molecule has 0 saturated carbocycles. The molecule has 0 atom stereocenters. The van der Waals surface area contributed by atoms with E-state index >= 15 is 0 Å². The molecule has 1 amide bonds. The number of hydrogen-bond donors (Lipinski definition) is 1. The van der Waals surface area contributed by atoms with Crippen molar-refractivity contribution in [1.29, 1.82) is 0 Å². The second-order valence-corrected chi connectivity index (χ2v) is 4.49. The second-order valence-electron chi connectivity index (χ2n) is 4.49. The van der Waals surface area contributed by atoms with Crippen LogP contribution < -0.4 is 4.74 Å². The van der Waals surface area contributed by atoms with Gasteiger partial charge in [0.25, 0.3) is 5.91 Å². The second kappa shape index (κ2) is 4.33. The summed E-state index contributed by atoms with van der Waals surface area (Å²) in [7, 11) is 0. The SMILES string of the molecule is CC1(O)CN(C(=O)COc2ccc(F)cc2)C1. The molecule has 1 aromatic carbocycles. The maximum Gasteiger partial charge on any atom is 0.260 e. The van der Waals surface area contributed by atoms with E-state index in [-0.39, 0.29) is 18.3 Å². The number of aliphatic hydroxyl groups is 1. The summed E-state index contributed by atoms with van der Waals surface area (Å²) in [6, 6.07) is 5.48. The predicted molar refractivity (Wildman–Crippen MR) is 59.1 cm³/mol. The minimum absolute atomic E-state index is 0.0955. The Kier molecular flexibility index (Phi) is 3.02. The third-order valence-electron chi connectivity index (χ3n) is 2.59. The van der Waals surface area contributed by atoms with Crippen molar-refractivity contribution < 1.29 is 19.0 Å². The van der Waals surface area contributed by atoms with Crippen LogP contribution in [0.25, 0.3) is 0 Å². The zero-order valence-corrected chi connectivity index (χ0v) is 9.52. The van der Waals surface area contributed by atoms with E-state index in [1.54, 1.807) is 6.92 Å². The number of ether oxygens (including phenoxy) is 1. The number of rotatable bonds is 3. The van der Waals surface area contributed by atoms with Gasteiger partial charge in [-0.25, -0.2) is 4.39 Å². The number of β-amino-alcohol motifs (C(OH)–C–C–N with tert-alkyl or cyclic N) is 1. The first-order chi connectivity index (χ1) is 7.96. The summed E-state index contributed by atoms with van der Waals surface area (Å²) < 4.78 is 17.8. The van der Waals surface area contributed by atoms with Gasteiger partial charge >= 0.3 is 0 Å². The van der Waals surface area contributed by atoms with Crippen LogP contribution in [0, 0.1) is 5.82 Å². The van der Waals surface area contributed by atoms with Crippen LogP contribution >= 0.6 is 0 Å². The number of benzene rings is 1. The van der Waals surface area contributed by atoms with Crippen LogP contribution in [0.2, 0.25) is 0 Å². The Morgan fingerprint density at radius 3 is 2.59 bits per heavy atom. The Hall–Kier alpha value is -1.62. The standard InChI is InChI=1S/C12H14FNO3/c1-12(16)7-14(8-12)11(15)6-17-10-4-2-9(13)3-5-10/h2-5,16H,6-8H2,1H3. The Morgan fingerprint density at radius 2 is 2.06 bits per heavy atom. The van der Waals surface area contributed by atoms with Crippen molar-refractivity contribution >= 4 is 5.91 Å². The molecule has 1 aromatic rings. The lowest BCUT2D eigenvalue weighted by molar-refractivity contribution is -0.154. The van der Waals surface area contributed by atoms with Crippen molar-refractivity contribution in [2.24, 2.45) is 0 Å². The molecule has 17 heavy (non-hydrogen) atoms. The van der Waals surface area contributed by atoms with Crippen LogP contribution in [0.4, 0.5) is 4.39 Å². The molecule has 1 heterocycles. The fraction of sp³-hybridized carbons (Fsp3) is 0.417. The van der Waals surface area contributed by atoms with E-state index in [0.717, 1.165) is 0 Å². The molecule has 92 valence electrons. The van der Waals surface area contributed by atoms with Gasteiger partial charge in [-0.2, -0.15) is 0 Å². The van der Waals surface area contributed by atoms with E-state index in [1.165, 1.54) is 29.2 Å². The minimum atomic E-state index is -0.772. The van der Waals surface area contributed by atoms with Crippen LogP contribution in [-0.4, -0.2) is 41.2 Å². The zero-order chi connectivity index (χ0) is 12.5. The molecule has 0 radical (unpaired) electrons. The van der Waals surface area contributed by atoms with Crippen molar-refractivity contribution in [3.05, 3.63) is 30.1 Å². The topological polar surface area (TPSA) is 49.8 Å². The number of carbonyl (C=O) groups is 1. The van der Waals surface area contributed by atoms with E-state index < -0.39 is 5.60 Å². The van der Waals surface area contributed by atoms with Crippen LogP contribution in [0.3, 0.4) is 0 Å². The summed E-state index contributed by atoms with van der Waals surface area (Å²) in [4.78, 5) is 13.1. The van der Waals surface area contributed by atoms with Gasteiger partial charge < -0.3 is 14.7 Å². The average molecular weight is 239 g/mol. The van der Waals surface area contributed by atoms with Gasteiger partial charge in [-0.15, -0.1) is 0 Å². The van der Waals surface area contributed by atoms with E-state index in [2.05, 4.69) is 0 Å². The van der Waals surface area contributed by atoms with Crippen LogP contribution in [-0.2, 0) is 4.79 Å². The van der Waals surface area contributed by atoms with Crippen molar-refractivity contribution in [2.75, 3.05) is 19.7 Å². The molecule has 4 nitrogen and oxygen atoms in total. The normalized spacial score (nSPS) is 17.5. The summed E-state index contributed by atoms with van der Waals surface area (Å²) in [6.45, 7) is 2.25. The number of likely N-dealkylation sites (tertiary alicyclic amines) is 1. The summed E-state index contributed by atoms with van der Waals surface area (Å²) in [5.74, 6) is -0.0737. The van der Waals surface area contributed by atoms with E-state index in [0.29, 0.717) is 18.8 Å². The first-order valence-corrected chi connectivity index (χ1v) is 5.35. The summed E-state index contributed by atoms with van der Waals surface area (Å²) in [6.07, 6.45) is 0. The summed E-state index contributed by atoms with van der Waals surface area (Å²) in [5.41, 5.74) is -0.772. The van der Waals surface area contributed by atoms with Crippen molar-refractivity contribution in [2.45, 2.75) is 12.5 Å². The highest BCUT2D eigenvalue weighted by Gasteiger charge is 2.39. The lowest BCUT2D eigenvalue weighted by atomic mass is 9.97. The Labute approximate surface area is 98.6 Å². The first-order valence-electron chi connectivity index (χ1n) is 5.35. The highest BCUT2D eigenvalue weighted by Crippen LogP contribution is 2.20. The van der Waals surface area contributed by atoms with Gasteiger partial charge in [0.15, 0.2) is 6.61 Å². The molecule has 0 bridgehead atoms. The van der Waals surface area contributed by atoms with E-state index in [4.69, 9.17) is 4.74 Å². The molecule has 0 aromatic heterocycles. The zero-order valence-electron chi connectivity index (χ0n) is 9.52. The molecule has 1 N–H and O–H groups in total. The number of amides is 1.